The van der Waals surface area contributed by atoms with Crippen molar-refractivity contribution in [3.05, 3.63) is 107 Å². The monoisotopic (exact) mass is 362 g/mol. The molecule has 28 heavy (non-hydrogen) atoms. The molecule has 0 aliphatic carbocycles. The Labute approximate surface area is 164 Å². The van der Waals surface area contributed by atoms with Crippen molar-refractivity contribution in [1.29, 1.82) is 0 Å². The maximum Gasteiger partial charge on any atom is 0.131 e. The predicted molar refractivity (Wildman–Crippen MR) is 111 cm³/mol. The maximum absolute atomic E-state index is 6.08. The molecule has 4 aromatic carbocycles. The van der Waals surface area contributed by atoms with Crippen molar-refractivity contribution < 1.29 is 9.47 Å². The summed E-state index contributed by atoms with van der Waals surface area (Å²) in [6, 6.07) is 29.5. The van der Waals surface area contributed by atoms with E-state index in [1.807, 2.05) is 24.3 Å². The second-order valence-electron chi connectivity index (χ2n) is 7.42. The lowest BCUT2D eigenvalue weighted by molar-refractivity contribution is 0.459. The summed E-state index contributed by atoms with van der Waals surface area (Å²) in [6.07, 6.45) is 1.81. The van der Waals surface area contributed by atoms with Gasteiger partial charge in [0.2, 0.25) is 0 Å². The number of benzene rings is 4. The van der Waals surface area contributed by atoms with Crippen molar-refractivity contribution >= 4 is 0 Å². The first-order valence-corrected chi connectivity index (χ1v) is 9.61. The van der Waals surface area contributed by atoms with Gasteiger partial charge in [-0.15, -0.1) is 0 Å². The number of rotatable bonds is 1. The Hall–Kier alpha value is -3.52. The molecule has 0 fully saturated rings. The van der Waals surface area contributed by atoms with Gasteiger partial charge in [-0.05, 0) is 69.8 Å². The minimum atomic E-state index is 0.904. The van der Waals surface area contributed by atoms with Gasteiger partial charge >= 0.3 is 0 Å². The third-order valence-electron chi connectivity index (χ3n) is 5.60. The van der Waals surface area contributed by atoms with Gasteiger partial charge < -0.3 is 9.47 Å². The van der Waals surface area contributed by atoms with E-state index in [2.05, 4.69) is 60.7 Å². The molecule has 2 heteroatoms. The van der Waals surface area contributed by atoms with Crippen LogP contribution in [0.4, 0.5) is 0 Å². The molecule has 0 saturated heterocycles. The molecule has 4 aromatic rings. The molecule has 0 spiro atoms. The molecular weight excluding hydrogens is 344 g/mol. The molecule has 0 N–H and O–H groups in total. The molecule has 6 rings (SSSR count). The number of fused-ring (bicyclic) bond motifs is 4. The first-order valence-electron chi connectivity index (χ1n) is 9.61. The molecule has 0 saturated carbocycles. The predicted octanol–water partition coefficient (Wildman–Crippen LogP) is 6.75. The van der Waals surface area contributed by atoms with Gasteiger partial charge in [-0.2, -0.15) is 0 Å². The highest BCUT2D eigenvalue weighted by Crippen LogP contribution is 2.41. The Morgan fingerprint density at radius 2 is 0.857 bits per heavy atom. The maximum atomic E-state index is 6.08. The van der Waals surface area contributed by atoms with Crippen LogP contribution in [-0.2, 0) is 12.8 Å². The largest absolute Gasteiger partial charge is 0.457 e. The van der Waals surface area contributed by atoms with E-state index in [9.17, 15) is 0 Å². The molecule has 0 unspecified atom stereocenters. The first-order chi connectivity index (χ1) is 13.8. The van der Waals surface area contributed by atoms with Crippen LogP contribution in [0, 0.1) is 0 Å². The van der Waals surface area contributed by atoms with Crippen LogP contribution < -0.4 is 9.47 Å². The summed E-state index contributed by atoms with van der Waals surface area (Å²) < 4.78 is 12.2. The smallest absolute Gasteiger partial charge is 0.131 e. The molecule has 0 bridgehead atoms. The summed E-state index contributed by atoms with van der Waals surface area (Å²) in [6.45, 7) is 0. The fourth-order valence-electron chi connectivity index (χ4n) is 4.14. The van der Waals surface area contributed by atoms with Crippen molar-refractivity contribution in [3.8, 4) is 34.1 Å². The second kappa shape index (κ2) is 6.00. The Bertz CT molecular complexity index is 1130. The molecule has 2 heterocycles. The highest BCUT2D eigenvalue weighted by atomic mass is 16.5. The lowest BCUT2D eigenvalue weighted by Gasteiger charge is -2.22. The fraction of sp³-hybridized carbons (Fsp3) is 0.0769. The average Bonchev–Trinajstić information content (AvgIpc) is 2.75. The minimum absolute atomic E-state index is 0.904. The van der Waals surface area contributed by atoms with Gasteiger partial charge in [-0.3, -0.25) is 0 Å². The third kappa shape index (κ3) is 2.49. The van der Waals surface area contributed by atoms with E-state index in [1.54, 1.807) is 0 Å². The van der Waals surface area contributed by atoms with Crippen LogP contribution in [0.1, 0.15) is 22.3 Å². The summed E-state index contributed by atoms with van der Waals surface area (Å²) in [5.74, 6) is 3.84. The van der Waals surface area contributed by atoms with Crippen LogP contribution in [0.5, 0.6) is 23.0 Å². The number of ether oxygens (including phenoxy) is 2. The quantitative estimate of drug-likeness (QED) is 0.322. The van der Waals surface area contributed by atoms with Crippen LogP contribution in [-0.4, -0.2) is 0 Å². The van der Waals surface area contributed by atoms with Gasteiger partial charge in [0.05, 0.1) is 0 Å². The van der Waals surface area contributed by atoms with Gasteiger partial charge in [-0.25, -0.2) is 0 Å². The van der Waals surface area contributed by atoms with Gasteiger partial charge in [0.15, 0.2) is 0 Å². The van der Waals surface area contributed by atoms with E-state index in [-0.39, 0.29) is 0 Å². The molecule has 0 atom stereocenters. The Morgan fingerprint density at radius 1 is 0.429 bits per heavy atom. The lowest BCUT2D eigenvalue weighted by atomic mass is 9.93. The van der Waals surface area contributed by atoms with E-state index < -0.39 is 0 Å². The van der Waals surface area contributed by atoms with Crippen molar-refractivity contribution in [1.82, 2.24) is 0 Å². The first kappa shape index (κ1) is 15.5. The van der Waals surface area contributed by atoms with E-state index in [0.717, 1.165) is 35.8 Å². The summed E-state index contributed by atoms with van der Waals surface area (Å²) in [5, 5.41) is 0. The summed E-state index contributed by atoms with van der Waals surface area (Å²) in [7, 11) is 0. The van der Waals surface area contributed by atoms with Crippen LogP contribution >= 0.6 is 0 Å². The zero-order valence-electron chi connectivity index (χ0n) is 15.3. The van der Waals surface area contributed by atoms with Crippen LogP contribution in [0.2, 0.25) is 0 Å². The van der Waals surface area contributed by atoms with Gasteiger partial charge in [0, 0.05) is 12.8 Å². The third-order valence-corrected chi connectivity index (χ3v) is 5.60. The van der Waals surface area contributed by atoms with Crippen LogP contribution in [0.25, 0.3) is 11.1 Å². The van der Waals surface area contributed by atoms with E-state index in [0.29, 0.717) is 0 Å². The van der Waals surface area contributed by atoms with Gasteiger partial charge in [-0.1, -0.05) is 48.5 Å². The standard InChI is InChI=1S/C26H18O2/c1-3-7-23-19(5-1)15-21-13-17(9-11-25(21)27-23)18-10-12-26-22(14-18)16-20-6-2-4-8-24(20)28-26/h1-14H,15-16H2. The summed E-state index contributed by atoms with van der Waals surface area (Å²) >= 11 is 0. The zero-order chi connectivity index (χ0) is 18.5. The van der Waals surface area contributed by atoms with Crippen molar-refractivity contribution in [2.75, 3.05) is 0 Å². The molecule has 2 nitrogen and oxygen atoms in total. The molecule has 134 valence electrons. The Kier molecular flexibility index (Phi) is 3.33. The van der Waals surface area contributed by atoms with Crippen LogP contribution in [0.3, 0.4) is 0 Å². The molecular formula is C26H18O2. The number of hydrogen-bond donors (Lipinski definition) is 0. The van der Waals surface area contributed by atoms with E-state index in [4.69, 9.17) is 9.47 Å². The molecule has 0 aromatic heterocycles. The highest BCUT2D eigenvalue weighted by Gasteiger charge is 2.19. The van der Waals surface area contributed by atoms with Crippen molar-refractivity contribution in [2.24, 2.45) is 0 Å². The molecule has 0 radical (unpaired) electrons. The number of hydrogen-bond acceptors (Lipinski definition) is 2. The average molecular weight is 362 g/mol. The van der Waals surface area contributed by atoms with Crippen LogP contribution in [0.15, 0.2) is 84.9 Å². The lowest BCUT2D eigenvalue weighted by Crippen LogP contribution is -2.04. The Morgan fingerprint density at radius 3 is 1.36 bits per heavy atom. The van der Waals surface area contributed by atoms with Gasteiger partial charge in [0.25, 0.3) is 0 Å². The molecule has 2 aliphatic rings. The van der Waals surface area contributed by atoms with E-state index in [1.165, 1.54) is 33.4 Å². The zero-order valence-corrected chi connectivity index (χ0v) is 15.3. The fourth-order valence-corrected chi connectivity index (χ4v) is 4.14. The van der Waals surface area contributed by atoms with Gasteiger partial charge in [0.1, 0.15) is 23.0 Å². The summed E-state index contributed by atoms with van der Waals surface area (Å²) in [5.41, 5.74) is 7.36. The normalized spacial score (nSPS) is 13.3. The second-order valence-corrected chi connectivity index (χ2v) is 7.42. The molecule has 2 aliphatic heterocycles. The summed E-state index contributed by atoms with van der Waals surface area (Å²) in [4.78, 5) is 0. The minimum Gasteiger partial charge on any atom is -0.457 e. The number of para-hydroxylation sites is 2. The van der Waals surface area contributed by atoms with E-state index >= 15 is 0 Å². The highest BCUT2D eigenvalue weighted by molar-refractivity contribution is 5.70. The molecule has 0 amide bonds. The Balaban J connectivity index is 1.36. The van der Waals surface area contributed by atoms with Crippen molar-refractivity contribution in [3.63, 3.8) is 0 Å². The SMILES string of the molecule is c1ccc2c(c1)Cc1cc(-c3ccc4c(c3)Cc3ccccc3O4)ccc1O2. The topological polar surface area (TPSA) is 18.5 Å². The van der Waals surface area contributed by atoms with Crippen molar-refractivity contribution in [2.45, 2.75) is 12.8 Å².